The fourth-order valence-corrected chi connectivity index (χ4v) is 5.66. The summed E-state index contributed by atoms with van der Waals surface area (Å²) in [7, 11) is 0. The Hall–Kier alpha value is -2.70. The smallest absolute Gasteiger partial charge is 0.243 e. The van der Waals surface area contributed by atoms with Gasteiger partial charge in [-0.05, 0) is 23.5 Å². The number of carbonyl (C=O) groups excluding carboxylic acids is 3. The lowest BCUT2D eigenvalue weighted by Crippen LogP contribution is -2.50. The summed E-state index contributed by atoms with van der Waals surface area (Å²) in [6.45, 7) is 9.99. The molecule has 0 saturated carbocycles. The number of nitrogens with two attached hydrogens (primary N) is 1. The number of ether oxygens (including phenoxy) is 2. The number of carbonyl (C=O) groups is 3. The summed E-state index contributed by atoms with van der Waals surface area (Å²) in [4.78, 5) is 46.6. The summed E-state index contributed by atoms with van der Waals surface area (Å²) in [6.07, 6.45) is -0.415. The first kappa shape index (κ1) is 32.8. The number of hydrogen-bond donors (Lipinski definition) is 3. The second kappa shape index (κ2) is 15.5. The van der Waals surface area contributed by atoms with Crippen molar-refractivity contribution in [1.82, 2.24) is 15.2 Å². The zero-order valence-corrected chi connectivity index (χ0v) is 25.4. The van der Waals surface area contributed by atoms with Crippen molar-refractivity contribution in [2.75, 3.05) is 39.5 Å². The molecular weight excluding hydrogens is 544 g/mol. The average Bonchev–Trinajstić information content (AvgIpc) is 3.54. The Morgan fingerprint density at radius 3 is 2.44 bits per heavy atom. The first-order valence-corrected chi connectivity index (χ1v) is 15.0. The van der Waals surface area contributed by atoms with E-state index >= 15 is 0 Å². The quantitative estimate of drug-likeness (QED) is 0.270. The number of amides is 2. The number of nitrogens with one attached hydrogen (secondary N) is 1. The molecule has 1 aliphatic heterocycles. The maximum absolute atomic E-state index is 13.7. The Balaban J connectivity index is 1.57. The number of nitrogens with zero attached hydrogens (tertiary/aromatic N) is 2. The number of aryl methyl sites for hydroxylation is 1. The van der Waals surface area contributed by atoms with Crippen molar-refractivity contribution in [3.05, 3.63) is 41.0 Å². The van der Waals surface area contributed by atoms with Gasteiger partial charge in [0.05, 0.1) is 48.6 Å². The van der Waals surface area contributed by atoms with Crippen LogP contribution in [0.25, 0.3) is 10.4 Å². The maximum atomic E-state index is 13.7. The zero-order valence-electron chi connectivity index (χ0n) is 24.6. The van der Waals surface area contributed by atoms with Crippen LogP contribution in [0.2, 0.25) is 0 Å². The van der Waals surface area contributed by atoms with Crippen LogP contribution in [0, 0.1) is 18.3 Å². The third-order valence-corrected chi connectivity index (χ3v) is 8.21. The molecule has 3 atom stereocenters. The third-order valence-electron chi connectivity index (χ3n) is 7.23. The molecule has 2 aromatic rings. The van der Waals surface area contributed by atoms with Crippen molar-refractivity contribution in [1.29, 1.82) is 0 Å². The minimum absolute atomic E-state index is 0.0435. The van der Waals surface area contributed by atoms with Gasteiger partial charge in [0.25, 0.3) is 0 Å². The summed E-state index contributed by atoms with van der Waals surface area (Å²) in [6, 6.07) is 7.12. The van der Waals surface area contributed by atoms with Gasteiger partial charge in [-0.2, -0.15) is 0 Å². The second-order valence-corrected chi connectivity index (χ2v) is 12.4. The van der Waals surface area contributed by atoms with E-state index in [1.807, 2.05) is 57.5 Å². The van der Waals surface area contributed by atoms with Crippen LogP contribution in [-0.4, -0.2) is 84.3 Å². The second-order valence-electron chi connectivity index (χ2n) is 11.5. The highest BCUT2D eigenvalue weighted by atomic mass is 32.1. The summed E-state index contributed by atoms with van der Waals surface area (Å²) >= 11 is 1.58. The van der Waals surface area contributed by atoms with Crippen LogP contribution in [0.1, 0.15) is 51.3 Å². The van der Waals surface area contributed by atoms with Crippen molar-refractivity contribution in [3.8, 4) is 10.4 Å². The predicted octanol–water partition coefficient (Wildman–Crippen LogP) is 2.70. The van der Waals surface area contributed by atoms with Crippen molar-refractivity contribution in [3.63, 3.8) is 0 Å². The molecule has 4 N–H and O–H groups in total. The van der Waals surface area contributed by atoms with Crippen molar-refractivity contribution < 1.29 is 29.0 Å². The van der Waals surface area contributed by atoms with E-state index in [0.29, 0.717) is 32.9 Å². The Bertz CT molecular complexity index is 1150. The van der Waals surface area contributed by atoms with Crippen LogP contribution in [-0.2, 0) is 30.4 Å². The van der Waals surface area contributed by atoms with Crippen LogP contribution >= 0.6 is 11.3 Å². The first-order valence-electron chi connectivity index (χ1n) is 14.1. The number of aromatic nitrogens is 1. The molecule has 3 rings (SSSR count). The number of aliphatic hydroxyl groups excluding tert-OH is 1. The molecule has 0 bridgehead atoms. The summed E-state index contributed by atoms with van der Waals surface area (Å²) in [5, 5.41) is 13.3. The molecule has 0 radical (unpaired) electrons. The average molecular weight is 589 g/mol. The molecule has 2 heterocycles. The minimum Gasteiger partial charge on any atom is -0.391 e. The Morgan fingerprint density at radius 1 is 1.15 bits per heavy atom. The van der Waals surface area contributed by atoms with E-state index in [0.717, 1.165) is 21.7 Å². The van der Waals surface area contributed by atoms with Crippen LogP contribution in [0.5, 0.6) is 0 Å². The van der Waals surface area contributed by atoms with Gasteiger partial charge in [-0.3, -0.25) is 14.4 Å². The van der Waals surface area contributed by atoms with Gasteiger partial charge in [0.15, 0.2) is 0 Å². The Kier molecular flexibility index (Phi) is 12.4. The van der Waals surface area contributed by atoms with E-state index in [4.69, 9.17) is 15.2 Å². The van der Waals surface area contributed by atoms with Crippen LogP contribution < -0.4 is 11.1 Å². The minimum atomic E-state index is -0.803. The molecule has 0 aliphatic carbocycles. The molecule has 0 spiro atoms. The standard InChI is InChI=1S/C30H44N4O6S/c1-20-27(41-19-33-20)22-7-5-21(6-8-22)17-32-28(37)26-16-24(36)18-34(26)29(38)25(30(2,3)4)15-23(35)9-11-39-13-14-40-12-10-31/h5-8,19,24-26,36H,9-18,31H2,1-4H3,(H,32,37)/t24-,25-,26+/m1/s1. The molecule has 1 aromatic carbocycles. The first-order chi connectivity index (χ1) is 19.5. The Labute approximate surface area is 246 Å². The van der Waals surface area contributed by atoms with E-state index in [1.165, 1.54) is 4.90 Å². The lowest BCUT2D eigenvalue weighted by atomic mass is 9.76. The highest BCUT2D eigenvalue weighted by molar-refractivity contribution is 7.13. The fraction of sp³-hybridized carbons (Fsp3) is 0.600. The Morgan fingerprint density at radius 2 is 1.83 bits per heavy atom. The van der Waals surface area contributed by atoms with Crippen molar-refractivity contribution >= 4 is 28.9 Å². The molecular formula is C30H44N4O6S. The van der Waals surface area contributed by atoms with Gasteiger partial charge in [0, 0.05) is 44.8 Å². The monoisotopic (exact) mass is 588 g/mol. The molecule has 11 heteroatoms. The van der Waals surface area contributed by atoms with E-state index in [-0.39, 0.29) is 50.0 Å². The van der Waals surface area contributed by atoms with E-state index in [9.17, 15) is 19.5 Å². The highest BCUT2D eigenvalue weighted by Gasteiger charge is 2.44. The van der Waals surface area contributed by atoms with E-state index < -0.39 is 23.5 Å². The van der Waals surface area contributed by atoms with E-state index in [2.05, 4.69) is 10.3 Å². The van der Waals surface area contributed by atoms with Crippen molar-refractivity contribution in [2.24, 2.45) is 17.1 Å². The summed E-state index contributed by atoms with van der Waals surface area (Å²) in [5.41, 5.74) is 9.65. The highest BCUT2D eigenvalue weighted by Crippen LogP contribution is 2.34. The molecule has 1 aromatic heterocycles. The van der Waals surface area contributed by atoms with Gasteiger partial charge in [0.1, 0.15) is 11.8 Å². The topological polar surface area (TPSA) is 144 Å². The van der Waals surface area contributed by atoms with E-state index in [1.54, 1.807) is 11.3 Å². The third kappa shape index (κ3) is 9.68. The van der Waals surface area contributed by atoms with Gasteiger partial charge in [-0.15, -0.1) is 11.3 Å². The molecule has 0 unspecified atom stereocenters. The molecule has 1 aliphatic rings. The number of benzene rings is 1. The number of β-amino-alcohol motifs (C(OH)–C–C–N with tert-alkyl or cyclic N) is 1. The largest absolute Gasteiger partial charge is 0.391 e. The molecule has 1 fully saturated rings. The SMILES string of the molecule is Cc1ncsc1-c1ccc(CNC(=O)[C@@H]2C[C@@H](O)CN2C(=O)[C@@H](CC(=O)CCOCCOCCN)C(C)(C)C)cc1. The summed E-state index contributed by atoms with van der Waals surface area (Å²) < 4.78 is 10.7. The van der Waals surface area contributed by atoms with Gasteiger partial charge < -0.3 is 30.5 Å². The number of rotatable bonds is 15. The molecule has 1 saturated heterocycles. The van der Waals surface area contributed by atoms with Gasteiger partial charge in [0.2, 0.25) is 11.8 Å². The number of hydrogen-bond acceptors (Lipinski definition) is 9. The molecule has 226 valence electrons. The maximum Gasteiger partial charge on any atom is 0.243 e. The number of Topliss-reactive ketones (excluding diaryl/α,β-unsaturated/α-hetero) is 1. The van der Waals surface area contributed by atoms with Crippen LogP contribution in [0.15, 0.2) is 29.8 Å². The fourth-order valence-electron chi connectivity index (χ4n) is 4.85. The predicted molar refractivity (Wildman–Crippen MR) is 158 cm³/mol. The number of thiazole rings is 1. The van der Waals surface area contributed by atoms with Gasteiger partial charge >= 0.3 is 0 Å². The van der Waals surface area contributed by atoms with Crippen molar-refractivity contribution in [2.45, 2.75) is 65.6 Å². The zero-order chi connectivity index (χ0) is 30.0. The van der Waals surface area contributed by atoms with Gasteiger partial charge in [-0.25, -0.2) is 4.98 Å². The molecule has 2 amide bonds. The normalized spacial score (nSPS) is 18.0. The number of likely N-dealkylation sites (tertiary alicyclic amines) is 1. The molecule has 41 heavy (non-hydrogen) atoms. The lowest BCUT2D eigenvalue weighted by molar-refractivity contribution is -0.146. The lowest BCUT2D eigenvalue weighted by Gasteiger charge is -2.34. The van der Waals surface area contributed by atoms with Gasteiger partial charge in [-0.1, -0.05) is 45.0 Å². The molecule has 10 nitrogen and oxygen atoms in total. The van der Waals surface area contributed by atoms with Crippen LogP contribution in [0.3, 0.4) is 0 Å². The number of ketones is 1. The summed E-state index contributed by atoms with van der Waals surface area (Å²) in [5.74, 6) is -1.32. The number of aliphatic hydroxyl groups is 1. The van der Waals surface area contributed by atoms with Crippen LogP contribution in [0.4, 0.5) is 0 Å².